The summed E-state index contributed by atoms with van der Waals surface area (Å²) in [6.45, 7) is 4.16. The van der Waals surface area contributed by atoms with E-state index in [9.17, 15) is 0 Å². The molecule has 0 aromatic rings. The van der Waals surface area contributed by atoms with Gasteiger partial charge in [-0.3, -0.25) is 0 Å². The third-order valence-electron chi connectivity index (χ3n) is 0.192. The van der Waals surface area contributed by atoms with E-state index < -0.39 is 0 Å². The first-order chi connectivity index (χ1) is 2.27. The maximum Gasteiger partial charge on any atom is 0.0103 e. The van der Waals surface area contributed by atoms with Crippen LogP contribution in [0.25, 0.3) is 0 Å². The van der Waals surface area contributed by atoms with Gasteiger partial charge in [0.15, 0.2) is 0 Å². The molecule has 2 heteroatoms. The average Bonchev–Trinajstić information content (AvgIpc) is 1.38. The smallest absolute Gasteiger partial charge is 0.0103 e. The topological polar surface area (TPSA) is 0 Å². The van der Waals surface area contributed by atoms with Crippen LogP contribution in [0.5, 0.6) is 0 Å². The van der Waals surface area contributed by atoms with Crippen molar-refractivity contribution in [2.75, 3.05) is 0 Å². The first-order valence-electron chi connectivity index (χ1n) is 1.56. The van der Waals surface area contributed by atoms with Gasteiger partial charge in [-0.15, -0.1) is 0 Å². The molecule has 0 bridgehead atoms. The third kappa shape index (κ3) is 4.70. The molecule has 0 spiro atoms. The van der Waals surface area contributed by atoms with Crippen LogP contribution in [0.2, 0.25) is 0 Å². The molecule has 0 amide bonds. The second kappa shape index (κ2) is 2.91. The molecule has 0 N–H and O–H groups in total. The van der Waals surface area contributed by atoms with Crippen LogP contribution in [-0.4, -0.2) is 5.25 Å². The zero-order valence-electron chi connectivity index (χ0n) is 3.39. The van der Waals surface area contributed by atoms with Crippen LogP contribution < -0.4 is 0 Å². The molecule has 0 saturated carbocycles. The van der Waals surface area contributed by atoms with Crippen LogP contribution in [0.1, 0.15) is 13.8 Å². The SMILES string of the molecule is CC(C)S[S]. The summed E-state index contributed by atoms with van der Waals surface area (Å²) < 4.78 is 0. The van der Waals surface area contributed by atoms with E-state index in [1.54, 1.807) is 0 Å². The van der Waals surface area contributed by atoms with Gasteiger partial charge in [0, 0.05) is 5.25 Å². The zero-order valence-corrected chi connectivity index (χ0v) is 5.03. The Hall–Kier alpha value is 0.700. The van der Waals surface area contributed by atoms with Crippen molar-refractivity contribution in [1.82, 2.24) is 0 Å². The Morgan fingerprint density at radius 2 is 1.80 bits per heavy atom. The normalized spacial score (nSPS) is 9.60. The van der Waals surface area contributed by atoms with E-state index in [2.05, 4.69) is 25.5 Å². The zero-order chi connectivity index (χ0) is 4.28. The highest BCUT2D eigenvalue weighted by atomic mass is 33.1. The van der Waals surface area contributed by atoms with Crippen molar-refractivity contribution in [3.63, 3.8) is 0 Å². The predicted octanol–water partition coefficient (Wildman–Crippen LogP) is 2.24. The van der Waals surface area contributed by atoms with Crippen molar-refractivity contribution in [2.24, 2.45) is 0 Å². The van der Waals surface area contributed by atoms with E-state index in [4.69, 9.17) is 0 Å². The van der Waals surface area contributed by atoms with E-state index in [0.29, 0.717) is 5.25 Å². The molecule has 0 aromatic heterocycles. The summed E-state index contributed by atoms with van der Waals surface area (Å²) in [6, 6.07) is 0. The van der Waals surface area contributed by atoms with Crippen molar-refractivity contribution in [2.45, 2.75) is 19.1 Å². The molecule has 0 unspecified atom stereocenters. The molecule has 0 atom stereocenters. The lowest BCUT2D eigenvalue weighted by Crippen LogP contribution is -1.76. The molecule has 1 radical (unpaired) electrons. The summed E-state index contributed by atoms with van der Waals surface area (Å²) in [5, 5.41) is 0.616. The van der Waals surface area contributed by atoms with Gasteiger partial charge in [0.2, 0.25) is 0 Å². The lowest BCUT2D eigenvalue weighted by Gasteiger charge is -1.88. The van der Waals surface area contributed by atoms with Crippen LogP contribution in [0.4, 0.5) is 0 Å². The van der Waals surface area contributed by atoms with Gasteiger partial charge in [-0.2, -0.15) is 0 Å². The second-order valence-corrected chi connectivity index (χ2v) is 2.86. The molecule has 5 heavy (non-hydrogen) atoms. The minimum atomic E-state index is 0.616. The van der Waals surface area contributed by atoms with E-state index in [-0.39, 0.29) is 0 Å². The second-order valence-electron chi connectivity index (χ2n) is 1.14. The van der Waals surface area contributed by atoms with Crippen molar-refractivity contribution in [3.05, 3.63) is 0 Å². The fraction of sp³-hybridized carbons (Fsp3) is 1.00. The molecular weight excluding hydrogens is 100 g/mol. The third-order valence-corrected chi connectivity index (χ3v) is 1.73. The molecule has 0 heterocycles. The van der Waals surface area contributed by atoms with Crippen LogP contribution in [0, 0.1) is 0 Å². The Morgan fingerprint density at radius 3 is 1.80 bits per heavy atom. The van der Waals surface area contributed by atoms with Crippen LogP contribution in [0.3, 0.4) is 0 Å². The molecule has 0 aliphatic rings. The van der Waals surface area contributed by atoms with Gasteiger partial charge in [-0.25, -0.2) is 0 Å². The highest BCUT2D eigenvalue weighted by Crippen LogP contribution is 2.11. The summed E-state index contributed by atoms with van der Waals surface area (Å²) in [6.07, 6.45) is 0. The van der Waals surface area contributed by atoms with E-state index in [0.717, 1.165) is 0 Å². The molecule has 0 aromatic carbocycles. The highest BCUT2D eigenvalue weighted by Gasteiger charge is 1.82. The van der Waals surface area contributed by atoms with Gasteiger partial charge in [0.25, 0.3) is 0 Å². The number of rotatable bonds is 1. The lowest BCUT2D eigenvalue weighted by molar-refractivity contribution is 1.12. The molecular formula is C3H7S2. The molecule has 0 saturated heterocycles. The maximum absolute atomic E-state index is 4.59. The fourth-order valence-corrected chi connectivity index (χ4v) is 0. The lowest BCUT2D eigenvalue weighted by atomic mass is 10.6. The summed E-state index contributed by atoms with van der Waals surface area (Å²) in [7, 11) is 1.46. The van der Waals surface area contributed by atoms with Gasteiger partial charge in [-0.1, -0.05) is 24.6 Å². The average molecular weight is 107 g/mol. The summed E-state index contributed by atoms with van der Waals surface area (Å²) in [5.41, 5.74) is 0. The van der Waals surface area contributed by atoms with Gasteiger partial charge in [-0.05, 0) is 11.7 Å². The fourth-order valence-electron chi connectivity index (χ4n) is 0. The molecule has 0 nitrogen and oxygen atoms in total. The molecule has 0 aliphatic heterocycles. The quantitative estimate of drug-likeness (QED) is 0.463. The number of hydrogen-bond donors (Lipinski definition) is 0. The van der Waals surface area contributed by atoms with E-state index in [1.165, 1.54) is 10.8 Å². The largest absolute Gasteiger partial charge is 0.0789 e. The highest BCUT2D eigenvalue weighted by molar-refractivity contribution is 8.68. The first-order valence-corrected chi connectivity index (χ1v) is 3.36. The van der Waals surface area contributed by atoms with Crippen LogP contribution in [0.15, 0.2) is 0 Å². The van der Waals surface area contributed by atoms with Crippen LogP contribution >= 0.6 is 22.5 Å². The van der Waals surface area contributed by atoms with E-state index in [1.807, 2.05) is 0 Å². The monoisotopic (exact) mass is 107 g/mol. The minimum Gasteiger partial charge on any atom is -0.0789 e. The van der Waals surface area contributed by atoms with Gasteiger partial charge in [0.1, 0.15) is 0 Å². The summed E-state index contributed by atoms with van der Waals surface area (Å²) >= 11 is 4.59. The number of hydrogen-bond acceptors (Lipinski definition) is 1. The molecule has 0 rings (SSSR count). The minimum absolute atomic E-state index is 0.616. The first kappa shape index (κ1) is 5.70. The summed E-state index contributed by atoms with van der Waals surface area (Å²) in [4.78, 5) is 0. The van der Waals surface area contributed by atoms with Gasteiger partial charge < -0.3 is 0 Å². The Labute approximate surface area is 42.1 Å². The molecule has 31 valence electrons. The Balaban J connectivity index is 2.54. The van der Waals surface area contributed by atoms with Crippen molar-refractivity contribution in [1.29, 1.82) is 0 Å². The van der Waals surface area contributed by atoms with Gasteiger partial charge in [0.05, 0.1) is 0 Å². The molecule has 0 fully saturated rings. The summed E-state index contributed by atoms with van der Waals surface area (Å²) in [5.74, 6) is 0. The van der Waals surface area contributed by atoms with Crippen LogP contribution in [-0.2, 0) is 0 Å². The predicted molar refractivity (Wildman–Crippen MR) is 30.3 cm³/mol. The van der Waals surface area contributed by atoms with Gasteiger partial charge >= 0.3 is 0 Å². The van der Waals surface area contributed by atoms with Crippen molar-refractivity contribution in [3.8, 4) is 0 Å². The Kier molecular flexibility index (Phi) is 3.32. The maximum atomic E-state index is 4.59. The van der Waals surface area contributed by atoms with E-state index >= 15 is 0 Å². The van der Waals surface area contributed by atoms with Crippen molar-refractivity contribution >= 4 is 22.5 Å². The Morgan fingerprint density at radius 1 is 1.60 bits per heavy atom. The Bertz CT molecular complexity index is 18.9. The molecule has 0 aliphatic carbocycles. The van der Waals surface area contributed by atoms with Crippen molar-refractivity contribution < 1.29 is 0 Å². The standard InChI is InChI=1S/C3H7S2/c1-3(2)5-4/h3H,1-2H3.